The molecule has 1 aromatic heterocycles. The van der Waals surface area contributed by atoms with E-state index in [9.17, 15) is 0 Å². The van der Waals surface area contributed by atoms with E-state index in [4.69, 9.17) is 0 Å². The van der Waals surface area contributed by atoms with Crippen LogP contribution in [-0.4, -0.2) is 4.57 Å². The van der Waals surface area contributed by atoms with Crippen LogP contribution in [0.1, 0.15) is 38.8 Å². The average molecular weight is 709 g/mol. The van der Waals surface area contributed by atoms with Crippen molar-refractivity contribution in [2.45, 2.75) is 33.1 Å². The van der Waals surface area contributed by atoms with Gasteiger partial charge in [0.15, 0.2) is 0 Å². The third-order valence-electron chi connectivity index (χ3n) is 11.2. The first-order valence-corrected chi connectivity index (χ1v) is 19.4. The second-order valence-electron chi connectivity index (χ2n) is 14.6. The fraction of sp³-hybridized carbons (Fsp3) is 0.0943. The van der Waals surface area contributed by atoms with Crippen molar-refractivity contribution in [2.24, 2.45) is 0 Å². The van der Waals surface area contributed by atoms with Gasteiger partial charge in [0.1, 0.15) is 0 Å². The summed E-state index contributed by atoms with van der Waals surface area (Å²) in [5.41, 5.74) is 17.1. The number of rotatable bonds is 6. The molecule has 2 heteroatoms. The van der Waals surface area contributed by atoms with Crippen LogP contribution in [0.5, 0.6) is 0 Å². The van der Waals surface area contributed by atoms with Crippen LogP contribution >= 0.6 is 0 Å². The van der Waals surface area contributed by atoms with Crippen LogP contribution in [0.15, 0.2) is 194 Å². The monoisotopic (exact) mass is 708 g/mol. The molecule has 0 spiro atoms. The summed E-state index contributed by atoms with van der Waals surface area (Å²) in [7, 11) is 0. The molecule has 0 bridgehead atoms. The minimum atomic E-state index is -0.0963. The Hall–Kier alpha value is -6.64. The van der Waals surface area contributed by atoms with Gasteiger partial charge >= 0.3 is 0 Å². The Balaban J connectivity index is 0.00000195. The van der Waals surface area contributed by atoms with E-state index in [-0.39, 0.29) is 5.41 Å². The van der Waals surface area contributed by atoms with Crippen LogP contribution in [0.3, 0.4) is 0 Å². The molecule has 0 aliphatic heterocycles. The highest BCUT2D eigenvalue weighted by molar-refractivity contribution is 6.10. The number of fused-ring (bicyclic) bond motifs is 6. The van der Waals surface area contributed by atoms with E-state index in [1.54, 1.807) is 0 Å². The number of nitrogens with zero attached hydrogens (tertiary/aromatic N) is 2. The van der Waals surface area contributed by atoms with Gasteiger partial charge in [0, 0.05) is 38.9 Å². The van der Waals surface area contributed by atoms with E-state index < -0.39 is 0 Å². The minimum absolute atomic E-state index is 0.0963. The van der Waals surface area contributed by atoms with Gasteiger partial charge < -0.3 is 9.47 Å². The van der Waals surface area contributed by atoms with Gasteiger partial charge in [-0.1, -0.05) is 155 Å². The number of hydrogen-bond acceptors (Lipinski definition) is 1. The van der Waals surface area contributed by atoms with Crippen LogP contribution in [-0.2, 0) is 5.41 Å². The van der Waals surface area contributed by atoms with Crippen LogP contribution in [0.2, 0.25) is 0 Å². The molecule has 1 aliphatic rings. The smallest absolute Gasteiger partial charge is 0.0541 e. The molecular weight excluding hydrogens is 665 g/mol. The molecular formula is C53H44N2. The van der Waals surface area contributed by atoms with Gasteiger partial charge in [0.25, 0.3) is 0 Å². The predicted molar refractivity (Wildman–Crippen MR) is 235 cm³/mol. The molecule has 8 aromatic carbocycles. The fourth-order valence-corrected chi connectivity index (χ4v) is 8.54. The van der Waals surface area contributed by atoms with E-state index in [0.717, 1.165) is 17.1 Å². The molecule has 1 heterocycles. The maximum atomic E-state index is 2.41. The molecule has 0 atom stereocenters. The number of benzene rings is 8. The van der Waals surface area contributed by atoms with Gasteiger partial charge in [-0.05, 0) is 111 Å². The van der Waals surface area contributed by atoms with Crippen LogP contribution < -0.4 is 4.90 Å². The van der Waals surface area contributed by atoms with Crippen molar-refractivity contribution < 1.29 is 0 Å². The first-order chi connectivity index (χ1) is 27.0. The number of para-hydroxylation sites is 2. The zero-order chi connectivity index (χ0) is 37.5. The van der Waals surface area contributed by atoms with Crippen LogP contribution in [0, 0.1) is 0 Å². The topological polar surface area (TPSA) is 8.17 Å². The first-order valence-electron chi connectivity index (χ1n) is 19.4. The van der Waals surface area contributed by atoms with Crippen molar-refractivity contribution >= 4 is 38.9 Å². The van der Waals surface area contributed by atoms with E-state index in [1.165, 1.54) is 72.0 Å². The largest absolute Gasteiger partial charge is 0.310 e. The third-order valence-corrected chi connectivity index (χ3v) is 11.2. The molecule has 266 valence electrons. The fourth-order valence-electron chi connectivity index (χ4n) is 8.54. The number of aromatic nitrogens is 1. The lowest BCUT2D eigenvalue weighted by Crippen LogP contribution is -2.16. The highest BCUT2D eigenvalue weighted by atomic mass is 15.1. The van der Waals surface area contributed by atoms with Crippen molar-refractivity contribution in [3.63, 3.8) is 0 Å². The number of hydrogen-bond donors (Lipinski definition) is 0. The molecule has 2 nitrogen and oxygen atoms in total. The van der Waals surface area contributed by atoms with Crippen molar-refractivity contribution in [1.29, 1.82) is 0 Å². The summed E-state index contributed by atoms with van der Waals surface area (Å²) >= 11 is 0. The summed E-state index contributed by atoms with van der Waals surface area (Å²) in [5.74, 6) is 0. The normalized spacial score (nSPS) is 12.5. The molecule has 0 saturated carbocycles. The Morgan fingerprint density at radius 1 is 0.382 bits per heavy atom. The second kappa shape index (κ2) is 14.0. The molecule has 0 amide bonds. The molecule has 0 fully saturated rings. The lowest BCUT2D eigenvalue weighted by Gasteiger charge is -2.28. The molecule has 10 rings (SSSR count). The molecule has 0 unspecified atom stereocenters. The Labute approximate surface area is 324 Å². The maximum Gasteiger partial charge on any atom is 0.0541 e. The second-order valence-corrected chi connectivity index (χ2v) is 14.6. The maximum absolute atomic E-state index is 2.41. The third kappa shape index (κ3) is 5.82. The van der Waals surface area contributed by atoms with Crippen molar-refractivity contribution in [3.8, 4) is 39.1 Å². The van der Waals surface area contributed by atoms with E-state index in [1.807, 2.05) is 13.8 Å². The molecule has 9 aromatic rings. The Bertz CT molecular complexity index is 2790. The molecule has 55 heavy (non-hydrogen) atoms. The molecule has 0 N–H and O–H groups in total. The highest BCUT2D eigenvalue weighted by Crippen LogP contribution is 2.51. The lowest BCUT2D eigenvalue weighted by molar-refractivity contribution is 0.660. The van der Waals surface area contributed by atoms with Gasteiger partial charge in [0.05, 0.1) is 11.0 Å². The summed E-state index contributed by atoms with van der Waals surface area (Å²) in [6.45, 7) is 8.71. The predicted octanol–water partition coefficient (Wildman–Crippen LogP) is 14.9. The summed E-state index contributed by atoms with van der Waals surface area (Å²) < 4.78 is 2.37. The van der Waals surface area contributed by atoms with Gasteiger partial charge in [-0.15, -0.1) is 0 Å². The Morgan fingerprint density at radius 2 is 0.945 bits per heavy atom. The summed E-state index contributed by atoms with van der Waals surface area (Å²) in [6.07, 6.45) is 0. The van der Waals surface area contributed by atoms with E-state index in [0.29, 0.717) is 0 Å². The standard InChI is InChI=1S/C51H38N2.C2H6/c1-51(2)47-22-11-9-20-43(47)44-30-29-42(34-48(44)51)52(40-27-24-36(25-28-40)35-14-5-3-6-15-35)41-19-13-16-37(32-41)38-26-31-50-46(33-38)45-21-10-12-23-49(45)53(50)39-17-7-4-8-18-39;1-2/h3-34H,1-2H3;1-2H3. The summed E-state index contributed by atoms with van der Waals surface area (Å²) in [5, 5.41) is 2.51. The van der Waals surface area contributed by atoms with E-state index >= 15 is 0 Å². The van der Waals surface area contributed by atoms with Gasteiger partial charge in [-0.2, -0.15) is 0 Å². The zero-order valence-electron chi connectivity index (χ0n) is 31.9. The first kappa shape index (κ1) is 34.1. The van der Waals surface area contributed by atoms with E-state index in [2.05, 4.69) is 217 Å². The molecule has 1 aliphatic carbocycles. The van der Waals surface area contributed by atoms with Gasteiger partial charge in [-0.25, -0.2) is 0 Å². The van der Waals surface area contributed by atoms with Gasteiger partial charge in [0.2, 0.25) is 0 Å². The summed E-state index contributed by atoms with van der Waals surface area (Å²) in [6, 6.07) is 70.8. The Morgan fingerprint density at radius 3 is 1.75 bits per heavy atom. The Kier molecular flexibility index (Phi) is 8.67. The van der Waals surface area contributed by atoms with Crippen molar-refractivity contribution in [2.75, 3.05) is 4.90 Å². The lowest BCUT2D eigenvalue weighted by atomic mass is 9.82. The molecule has 0 radical (unpaired) electrons. The minimum Gasteiger partial charge on any atom is -0.310 e. The SMILES string of the molecule is CC.CC1(C)c2ccccc2-c2ccc(N(c3ccc(-c4ccccc4)cc3)c3cccc(-c4ccc5c(c4)c4ccccc4n5-c4ccccc4)c3)cc21. The van der Waals surface area contributed by atoms with Crippen LogP contribution in [0.4, 0.5) is 17.1 Å². The highest BCUT2D eigenvalue weighted by Gasteiger charge is 2.35. The zero-order valence-corrected chi connectivity index (χ0v) is 31.9. The van der Waals surface area contributed by atoms with Gasteiger partial charge in [-0.3, -0.25) is 0 Å². The molecule has 0 saturated heterocycles. The summed E-state index contributed by atoms with van der Waals surface area (Å²) in [4.78, 5) is 2.41. The van der Waals surface area contributed by atoms with Crippen molar-refractivity contribution in [3.05, 3.63) is 205 Å². The average Bonchev–Trinajstić information content (AvgIpc) is 3.70. The van der Waals surface area contributed by atoms with Crippen molar-refractivity contribution in [1.82, 2.24) is 4.57 Å². The number of anilines is 3. The van der Waals surface area contributed by atoms with Crippen LogP contribution in [0.25, 0.3) is 60.9 Å². The quantitative estimate of drug-likeness (QED) is 0.167.